The van der Waals surface area contributed by atoms with Gasteiger partial charge in [-0.1, -0.05) is 15.9 Å². The summed E-state index contributed by atoms with van der Waals surface area (Å²) in [5, 5.41) is 2.69. The quantitative estimate of drug-likeness (QED) is 0.482. The van der Waals surface area contributed by atoms with E-state index in [1.807, 2.05) is 24.3 Å². The Morgan fingerprint density at radius 2 is 1.73 bits per heavy atom. The molecule has 0 fully saturated rings. The molecule has 114 valence electrons. The molecule has 0 aromatic heterocycles. The van der Waals surface area contributed by atoms with Crippen LogP contribution in [0.1, 0.15) is 6.92 Å². The maximum atomic E-state index is 11.8. The highest BCUT2D eigenvalue weighted by atomic mass is 79.9. The lowest BCUT2D eigenvalue weighted by atomic mass is 10.3. The Labute approximate surface area is 141 Å². The minimum Gasteiger partial charge on any atom is -0.426 e. The summed E-state index contributed by atoms with van der Waals surface area (Å²) < 4.78 is 6.16. The predicted octanol–water partition coefficient (Wildman–Crippen LogP) is 4.11. The van der Waals surface area contributed by atoms with Gasteiger partial charge in [0.25, 0.3) is 0 Å². The van der Waals surface area contributed by atoms with Crippen molar-refractivity contribution in [3.8, 4) is 5.75 Å². The SMILES string of the molecule is CC(=O)Nc1ccc(SCC(=O)Oc2ccc(Br)cc2)cc1. The molecule has 4 nitrogen and oxygen atoms in total. The average molecular weight is 380 g/mol. The maximum Gasteiger partial charge on any atom is 0.321 e. The van der Waals surface area contributed by atoms with Crippen LogP contribution in [0, 0.1) is 0 Å². The summed E-state index contributed by atoms with van der Waals surface area (Å²) in [7, 11) is 0. The number of hydrogen-bond acceptors (Lipinski definition) is 4. The number of halogens is 1. The first kappa shape index (κ1) is 16.6. The van der Waals surface area contributed by atoms with E-state index < -0.39 is 0 Å². The molecule has 0 aliphatic rings. The van der Waals surface area contributed by atoms with E-state index in [-0.39, 0.29) is 17.6 Å². The van der Waals surface area contributed by atoms with Gasteiger partial charge in [0.2, 0.25) is 5.91 Å². The number of rotatable bonds is 5. The van der Waals surface area contributed by atoms with Crippen LogP contribution in [0.2, 0.25) is 0 Å². The molecular weight excluding hydrogens is 366 g/mol. The van der Waals surface area contributed by atoms with E-state index in [4.69, 9.17) is 4.74 Å². The molecule has 22 heavy (non-hydrogen) atoms. The van der Waals surface area contributed by atoms with Crippen LogP contribution in [0.4, 0.5) is 5.69 Å². The Hall–Kier alpha value is -1.79. The lowest BCUT2D eigenvalue weighted by Crippen LogP contribution is -2.10. The highest BCUT2D eigenvalue weighted by Gasteiger charge is 2.06. The Morgan fingerprint density at radius 3 is 2.32 bits per heavy atom. The van der Waals surface area contributed by atoms with Crippen molar-refractivity contribution < 1.29 is 14.3 Å². The third-order valence-electron chi connectivity index (χ3n) is 2.58. The summed E-state index contributed by atoms with van der Waals surface area (Å²) in [6.07, 6.45) is 0. The van der Waals surface area contributed by atoms with Crippen molar-refractivity contribution in [2.75, 3.05) is 11.1 Å². The van der Waals surface area contributed by atoms with Gasteiger partial charge >= 0.3 is 5.97 Å². The smallest absolute Gasteiger partial charge is 0.321 e. The second-order valence-corrected chi connectivity index (χ2v) is 6.39. The van der Waals surface area contributed by atoms with Gasteiger partial charge < -0.3 is 10.1 Å². The van der Waals surface area contributed by atoms with Crippen molar-refractivity contribution >= 4 is 45.3 Å². The highest BCUT2D eigenvalue weighted by molar-refractivity contribution is 9.10. The summed E-state index contributed by atoms with van der Waals surface area (Å²) in [5.41, 5.74) is 0.731. The van der Waals surface area contributed by atoms with Crippen molar-refractivity contribution in [2.45, 2.75) is 11.8 Å². The van der Waals surface area contributed by atoms with Crippen molar-refractivity contribution in [1.82, 2.24) is 0 Å². The van der Waals surface area contributed by atoms with Crippen LogP contribution < -0.4 is 10.1 Å². The van der Waals surface area contributed by atoms with Crippen LogP contribution in [0.5, 0.6) is 5.75 Å². The molecule has 0 saturated heterocycles. The largest absolute Gasteiger partial charge is 0.426 e. The zero-order chi connectivity index (χ0) is 15.9. The molecule has 0 aliphatic heterocycles. The molecule has 0 atom stereocenters. The second-order valence-electron chi connectivity index (χ2n) is 4.42. The van der Waals surface area contributed by atoms with Crippen LogP contribution in [0.25, 0.3) is 0 Å². The summed E-state index contributed by atoms with van der Waals surface area (Å²) in [6.45, 7) is 1.46. The van der Waals surface area contributed by atoms with Crippen molar-refractivity contribution in [3.63, 3.8) is 0 Å². The Morgan fingerprint density at radius 1 is 1.09 bits per heavy atom. The van der Waals surface area contributed by atoms with Gasteiger partial charge in [-0.25, -0.2) is 0 Å². The van der Waals surface area contributed by atoms with E-state index in [1.165, 1.54) is 18.7 Å². The fraction of sp³-hybridized carbons (Fsp3) is 0.125. The molecule has 0 saturated carbocycles. The monoisotopic (exact) mass is 379 g/mol. The number of esters is 1. The number of hydrogen-bond donors (Lipinski definition) is 1. The van der Waals surface area contributed by atoms with Crippen LogP contribution in [0.15, 0.2) is 57.9 Å². The molecule has 0 bridgehead atoms. The molecule has 0 heterocycles. The van der Waals surface area contributed by atoms with Crippen LogP contribution in [-0.4, -0.2) is 17.6 Å². The summed E-state index contributed by atoms with van der Waals surface area (Å²) >= 11 is 4.70. The zero-order valence-electron chi connectivity index (χ0n) is 11.8. The fourth-order valence-corrected chi connectivity index (χ4v) is 2.58. The lowest BCUT2D eigenvalue weighted by Gasteiger charge is -2.06. The molecule has 2 aromatic rings. The van der Waals surface area contributed by atoms with Crippen molar-refractivity contribution in [2.24, 2.45) is 0 Å². The van der Waals surface area contributed by atoms with Crippen LogP contribution >= 0.6 is 27.7 Å². The summed E-state index contributed by atoms with van der Waals surface area (Å²) in [6, 6.07) is 14.4. The molecule has 0 radical (unpaired) electrons. The molecule has 1 N–H and O–H groups in total. The third-order valence-corrected chi connectivity index (χ3v) is 4.09. The van der Waals surface area contributed by atoms with Crippen molar-refractivity contribution in [1.29, 1.82) is 0 Å². The number of benzene rings is 2. The number of ether oxygens (including phenoxy) is 1. The minimum absolute atomic E-state index is 0.113. The van der Waals surface area contributed by atoms with Gasteiger partial charge in [0, 0.05) is 22.0 Å². The predicted molar refractivity (Wildman–Crippen MR) is 91.2 cm³/mol. The molecular formula is C16H14BrNO3S. The number of thioether (sulfide) groups is 1. The van der Waals surface area contributed by atoms with E-state index in [2.05, 4.69) is 21.2 Å². The van der Waals surface area contributed by atoms with E-state index in [1.54, 1.807) is 24.3 Å². The van der Waals surface area contributed by atoms with E-state index >= 15 is 0 Å². The second kappa shape index (κ2) is 8.00. The maximum absolute atomic E-state index is 11.8. The first-order chi connectivity index (χ1) is 10.5. The molecule has 2 rings (SSSR count). The molecule has 6 heteroatoms. The Bertz CT molecular complexity index is 656. The standard InChI is InChI=1S/C16H14BrNO3S/c1-11(19)18-13-4-8-15(9-5-13)22-10-16(20)21-14-6-2-12(17)3-7-14/h2-9H,10H2,1H3,(H,18,19). The van der Waals surface area contributed by atoms with Crippen molar-refractivity contribution in [3.05, 3.63) is 53.0 Å². The topological polar surface area (TPSA) is 55.4 Å². The van der Waals surface area contributed by atoms with Gasteiger partial charge in [-0.05, 0) is 48.5 Å². The first-order valence-corrected chi connectivity index (χ1v) is 8.27. The van der Waals surface area contributed by atoms with E-state index in [9.17, 15) is 9.59 Å². The van der Waals surface area contributed by atoms with Gasteiger partial charge in [-0.3, -0.25) is 9.59 Å². The minimum atomic E-state index is -0.307. The van der Waals surface area contributed by atoms with Gasteiger partial charge in [-0.15, -0.1) is 11.8 Å². The Kier molecular flexibility index (Phi) is 6.03. The van der Waals surface area contributed by atoms with Gasteiger partial charge in [0.1, 0.15) is 5.75 Å². The molecule has 2 aromatic carbocycles. The molecule has 0 aliphatic carbocycles. The number of amides is 1. The summed E-state index contributed by atoms with van der Waals surface area (Å²) in [5.74, 6) is 0.321. The highest BCUT2D eigenvalue weighted by Crippen LogP contribution is 2.21. The van der Waals surface area contributed by atoms with Gasteiger partial charge in [0.15, 0.2) is 0 Å². The first-order valence-electron chi connectivity index (χ1n) is 6.49. The number of carbonyl (C=O) groups is 2. The van der Waals surface area contributed by atoms with Gasteiger partial charge in [-0.2, -0.15) is 0 Å². The molecule has 1 amide bonds. The molecule has 0 unspecified atom stereocenters. The average Bonchev–Trinajstić information content (AvgIpc) is 2.48. The van der Waals surface area contributed by atoms with Gasteiger partial charge in [0.05, 0.1) is 5.75 Å². The summed E-state index contributed by atoms with van der Waals surface area (Å²) in [4.78, 5) is 23.6. The van der Waals surface area contributed by atoms with Crippen LogP contribution in [-0.2, 0) is 9.59 Å². The normalized spacial score (nSPS) is 10.1. The van der Waals surface area contributed by atoms with Crippen LogP contribution in [0.3, 0.4) is 0 Å². The number of anilines is 1. The van der Waals surface area contributed by atoms with E-state index in [0.29, 0.717) is 5.75 Å². The lowest BCUT2D eigenvalue weighted by molar-refractivity contribution is -0.131. The fourth-order valence-electron chi connectivity index (χ4n) is 1.64. The Balaban J connectivity index is 1.83. The van der Waals surface area contributed by atoms with E-state index in [0.717, 1.165) is 15.1 Å². The number of nitrogens with one attached hydrogen (secondary N) is 1. The third kappa shape index (κ3) is 5.54. The molecule has 0 spiro atoms. The number of carbonyl (C=O) groups excluding carboxylic acids is 2. The zero-order valence-corrected chi connectivity index (χ0v) is 14.2.